The van der Waals surface area contributed by atoms with E-state index >= 15 is 0 Å². The quantitative estimate of drug-likeness (QED) is 0.763. The number of ether oxygens (including phenoxy) is 1. The third-order valence-electron chi connectivity index (χ3n) is 3.28. The van der Waals surface area contributed by atoms with Crippen molar-refractivity contribution in [3.8, 4) is 0 Å². The fourth-order valence-corrected chi connectivity index (χ4v) is 2.37. The zero-order valence-electron chi connectivity index (χ0n) is 11.0. The second kappa shape index (κ2) is 6.50. The van der Waals surface area contributed by atoms with Crippen LogP contribution >= 0.6 is 11.6 Å². The van der Waals surface area contributed by atoms with Crippen molar-refractivity contribution in [2.75, 3.05) is 19.0 Å². The van der Waals surface area contributed by atoms with Gasteiger partial charge in [-0.25, -0.2) is 9.67 Å². The van der Waals surface area contributed by atoms with Crippen LogP contribution in [0.2, 0.25) is 0 Å². The van der Waals surface area contributed by atoms with Gasteiger partial charge in [0.25, 0.3) is 0 Å². The van der Waals surface area contributed by atoms with Crippen LogP contribution in [0.25, 0.3) is 0 Å². The van der Waals surface area contributed by atoms with Gasteiger partial charge in [0.05, 0.1) is 19.3 Å². The van der Waals surface area contributed by atoms with Gasteiger partial charge < -0.3 is 4.74 Å². The summed E-state index contributed by atoms with van der Waals surface area (Å²) in [5.74, 6) is 1.57. The first-order valence-corrected chi connectivity index (χ1v) is 7.06. The summed E-state index contributed by atoms with van der Waals surface area (Å²) in [6.45, 7) is 7.66. The molecule has 1 aromatic heterocycles. The van der Waals surface area contributed by atoms with Crippen molar-refractivity contribution in [2.45, 2.75) is 45.5 Å². The topological polar surface area (TPSA) is 43.2 Å². The Morgan fingerprint density at radius 1 is 1.56 bits per heavy atom. The van der Waals surface area contributed by atoms with E-state index in [1.807, 2.05) is 4.68 Å². The Morgan fingerprint density at radius 3 is 3.11 bits per heavy atom. The fraction of sp³-hybridized carbons (Fsp3) is 0.833. The average molecular weight is 273 g/mol. The molecule has 0 amide bonds. The molecule has 1 aromatic rings. The summed E-state index contributed by atoms with van der Waals surface area (Å²) in [6.07, 6.45) is 2.83. The maximum Gasteiger partial charge on any atom is 0.141 e. The largest absolute Gasteiger partial charge is 0.374 e. The molecule has 0 saturated carbocycles. The normalized spacial score (nSPS) is 25.5. The molecule has 1 fully saturated rings. The lowest BCUT2D eigenvalue weighted by Crippen LogP contribution is -2.48. The lowest BCUT2D eigenvalue weighted by molar-refractivity contribution is -0.0523. The van der Waals surface area contributed by atoms with E-state index in [2.05, 4.69) is 28.8 Å². The number of aryl methyl sites for hydroxylation is 1. The van der Waals surface area contributed by atoms with E-state index in [-0.39, 0.29) is 6.10 Å². The van der Waals surface area contributed by atoms with E-state index in [1.54, 1.807) is 6.33 Å². The molecule has 2 rings (SSSR count). The van der Waals surface area contributed by atoms with E-state index in [9.17, 15) is 0 Å². The minimum Gasteiger partial charge on any atom is -0.374 e. The highest BCUT2D eigenvalue weighted by Gasteiger charge is 2.26. The van der Waals surface area contributed by atoms with Gasteiger partial charge in [-0.2, -0.15) is 5.10 Å². The van der Waals surface area contributed by atoms with Crippen LogP contribution in [-0.2, 0) is 17.8 Å². The minimum absolute atomic E-state index is 0.130. The van der Waals surface area contributed by atoms with Crippen molar-refractivity contribution in [3.05, 3.63) is 12.2 Å². The van der Waals surface area contributed by atoms with Crippen LogP contribution in [-0.4, -0.2) is 50.8 Å². The third-order valence-corrected chi connectivity index (χ3v) is 3.63. The summed E-state index contributed by atoms with van der Waals surface area (Å²) < 4.78 is 7.63. The molecule has 0 spiro atoms. The van der Waals surface area contributed by atoms with Crippen LogP contribution in [0.1, 0.15) is 26.1 Å². The van der Waals surface area contributed by atoms with Gasteiger partial charge in [0.15, 0.2) is 0 Å². The van der Waals surface area contributed by atoms with Crippen LogP contribution < -0.4 is 0 Å². The highest BCUT2D eigenvalue weighted by molar-refractivity contribution is 6.18. The van der Waals surface area contributed by atoms with Crippen LogP contribution in [0.3, 0.4) is 0 Å². The molecule has 1 saturated heterocycles. The molecule has 0 radical (unpaired) electrons. The molecule has 6 heteroatoms. The van der Waals surface area contributed by atoms with Gasteiger partial charge in [0.2, 0.25) is 0 Å². The maximum absolute atomic E-state index is 5.87. The summed E-state index contributed by atoms with van der Waals surface area (Å²) in [7, 11) is 0. The number of nitrogens with zero attached hydrogens (tertiary/aromatic N) is 4. The molecular weight excluding hydrogens is 252 g/mol. The van der Waals surface area contributed by atoms with E-state index < -0.39 is 0 Å². The van der Waals surface area contributed by atoms with Gasteiger partial charge >= 0.3 is 0 Å². The molecule has 2 heterocycles. The number of hydrogen-bond acceptors (Lipinski definition) is 4. The van der Waals surface area contributed by atoms with Gasteiger partial charge in [-0.3, -0.25) is 4.90 Å². The molecule has 5 nitrogen and oxygen atoms in total. The molecule has 1 aliphatic heterocycles. The summed E-state index contributed by atoms with van der Waals surface area (Å²) in [4.78, 5) is 6.72. The number of hydrogen-bond donors (Lipinski definition) is 0. The zero-order valence-corrected chi connectivity index (χ0v) is 11.8. The Hall–Kier alpha value is -0.650. The van der Waals surface area contributed by atoms with Crippen LogP contribution in [0.4, 0.5) is 0 Å². The summed E-state index contributed by atoms with van der Waals surface area (Å²) in [5.41, 5.74) is 0. The second-order valence-electron chi connectivity index (χ2n) is 4.79. The Bertz CT molecular complexity index is 371. The molecule has 2 unspecified atom stereocenters. The van der Waals surface area contributed by atoms with Crippen LogP contribution in [0.5, 0.6) is 0 Å². The smallest absolute Gasteiger partial charge is 0.141 e. The molecular formula is C12H21ClN4O. The molecule has 18 heavy (non-hydrogen) atoms. The van der Waals surface area contributed by atoms with Crippen molar-refractivity contribution in [3.63, 3.8) is 0 Å². The SMILES string of the molecule is CCCn1ncnc1CN1CC(CCl)OCC1C. The minimum atomic E-state index is 0.130. The second-order valence-corrected chi connectivity index (χ2v) is 5.10. The number of halogens is 1. The van der Waals surface area contributed by atoms with Gasteiger partial charge in [-0.05, 0) is 13.3 Å². The van der Waals surface area contributed by atoms with Gasteiger partial charge in [-0.15, -0.1) is 11.6 Å². The Balaban J connectivity index is 2.00. The molecule has 0 N–H and O–H groups in total. The lowest BCUT2D eigenvalue weighted by atomic mass is 10.2. The van der Waals surface area contributed by atoms with Crippen LogP contribution in [0, 0.1) is 0 Å². The van der Waals surface area contributed by atoms with Gasteiger partial charge in [0, 0.05) is 25.0 Å². The number of alkyl halides is 1. The van der Waals surface area contributed by atoms with E-state index in [1.165, 1.54) is 0 Å². The Morgan fingerprint density at radius 2 is 2.39 bits per heavy atom. The number of rotatable bonds is 5. The van der Waals surface area contributed by atoms with Gasteiger partial charge in [0.1, 0.15) is 12.2 Å². The maximum atomic E-state index is 5.87. The molecule has 0 bridgehead atoms. The first kappa shape index (κ1) is 13.8. The molecule has 1 aliphatic rings. The highest BCUT2D eigenvalue weighted by atomic mass is 35.5. The van der Waals surface area contributed by atoms with E-state index in [0.29, 0.717) is 11.9 Å². The van der Waals surface area contributed by atoms with Gasteiger partial charge in [-0.1, -0.05) is 6.92 Å². The monoisotopic (exact) mass is 272 g/mol. The highest BCUT2D eigenvalue weighted by Crippen LogP contribution is 2.15. The van der Waals surface area contributed by atoms with E-state index in [0.717, 1.165) is 38.5 Å². The third kappa shape index (κ3) is 3.22. The number of aromatic nitrogens is 3. The van der Waals surface area contributed by atoms with Crippen molar-refractivity contribution in [1.29, 1.82) is 0 Å². The van der Waals surface area contributed by atoms with Crippen molar-refractivity contribution >= 4 is 11.6 Å². The molecule has 0 aromatic carbocycles. The average Bonchev–Trinajstić information content (AvgIpc) is 2.80. The zero-order chi connectivity index (χ0) is 13.0. The lowest BCUT2D eigenvalue weighted by Gasteiger charge is -2.37. The summed E-state index contributed by atoms with van der Waals surface area (Å²) in [6, 6.07) is 0.399. The number of morpholine rings is 1. The molecule has 0 aliphatic carbocycles. The molecule has 2 atom stereocenters. The fourth-order valence-electron chi connectivity index (χ4n) is 2.18. The Labute approximate surface area is 113 Å². The van der Waals surface area contributed by atoms with Crippen molar-refractivity contribution in [2.24, 2.45) is 0 Å². The van der Waals surface area contributed by atoms with Crippen LogP contribution in [0.15, 0.2) is 6.33 Å². The predicted molar refractivity (Wildman–Crippen MR) is 70.6 cm³/mol. The Kier molecular flexibility index (Phi) is 4.97. The first-order valence-electron chi connectivity index (χ1n) is 6.52. The first-order chi connectivity index (χ1) is 8.74. The van der Waals surface area contributed by atoms with E-state index in [4.69, 9.17) is 16.3 Å². The summed E-state index contributed by atoms with van der Waals surface area (Å²) >= 11 is 5.87. The van der Waals surface area contributed by atoms with Crippen molar-refractivity contribution < 1.29 is 4.74 Å². The predicted octanol–water partition coefficient (Wildman–Crippen LogP) is 1.52. The summed E-state index contributed by atoms with van der Waals surface area (Å²) in [5, 5.41) is 4.26. The van der Waals surface area contributed by atoms with Crippen molar-refractivity contribution in [1.82, 2.24) is 19.7 Å². The standard InChI is InChI=1S/C12H21ClN4O/c1-3-4-17-12(14-9-15-17)7-16-6-11(5-13)18-8-10(16)2/h9-11H,3-8H2,1-2H3. The molecule has 102 valence electrons.